The van der Waals surface area contributed by atoms with Crippen molar-refractivity contribution in [2.45, 2.75) is 27.2 Å². The molecule has 2 rings (SSSR count). The van der Waals surface area contributed by atoms with Crippen LogP contribution in [0, 0.1) is 13.8 Å². The molecule has 5 nitrogen and oxygen atoms in total. The summed E-state index contributed by atoms with van der Waals surface area (Å²) in [6.07, 6.45) is 1.18. The lowest BCUT2D eigenvalue weighted by Crippen LogP contribution is -2.49. The molecule has 1 aromatic rings. The van der Waals surface area contributed by atoms with Gasteiger partial charge in [0, 0.05) is 38.9 Å². The molecule has 0 unspecified atom stereocenters. The largest absolute Gasteiger partial charge is 0.336 e. The van der Waals surface area contributed by atoms with Crippen molar-refractivity contribution in [3.05, 3.63) is 17.0 Å². The van der Waals surface area contributed by atoms with Gasteiger partial charge in [0.15, 0.2) is 0 Å². The molecule has 0 bridgehead atoms. The topological polar surface area (TPSA) is 41.4 Å². The van der Waals surface area contributed by atoms with Crippen molar-refractivity contribution in [2.24, 2.45) is 7.05 Å². The van der Waals surface area contributed by atoms with Crippen molar-refractivity contribution >= 4 is 5.91 Å². The molecule has 1 aliphatic rings. The third kappa shape index (κ3) is 2.81. The number of carbonyl (C=O) groups excluding carboxylic acids is 1. The van der Waals surface area contributed by atoms with Crippen LogP contribution in [0.15, 0.2) is 0 Å². The van der Waals surface area contributed by atoms with E-state index in [9.17, 15) is 4.79 Å². The molecule has 0 radical (unpaired) electrons. The highest BCUT2D eigenvalue weighted by atomic mass is 16.2. The van der Waals surface area contributed by atoms with Crippen LogP contribution in [0.2, 0.25) is 0 Å². The lowest BCUT2D eigenvalue weighted by Gasteiger charge is -2.34. The number of amides is 1. The van der Waals surface area contributed by atoms with Gasteiger partial charge in [0.1, 0.15) is 0 Å². The molecule has 106 valence electrons. The second kappa shape index (κ2) is 5.74. The van der Waals surface area contributed by atoms with Crippen LogP contribution in [0.4, 0.5) is 0 Å². The molecule has 1 aromatic heterocycles. The first-order valence-electron chi connectivity index (χ1n) is 7.06. The molecule has 0 atom stereocenters. The molecule has 1 amide bonds. The first kappa shape index (κ1) is 14.1. The summed E-state index contributed by atoms with van der Waals surface area (Å²) in [5, 5.41) is 4.33. The average Bonchev–Trinajstić information content (AvgIpc) is 2.64. The summed E-state index contributed by atoms with van der Waals surface area (Å²) in [5.74, 6) is 0.138. The van der Waals surface area contributed by atoms with Crippen LogP contribution in [0.5, 0.6) is 0 Å². The van der Waals surface area contributed by atoms with Crippen LogP contribution in [0.3, 0.4) is 0 Å². The van der Waals surface area contributed by atoms with E-state index in [0.29, 0.717) is 0 Å². The Bertz CT molecular complexity index is 458. The van der Waals surface area contributed by atoms with Gasteiger partial charge in [-0.15, -0.1) is 0 Å². The summed E-state index contributed by atoms with van der Waals surface area (Å²) >= 11 is 0. The monoisotopic (exact) mass is 264 g/mol. The van der Waals surface area contributed by atoms with E-state index in [1.165, 1.54) is 6.42 Å². The van der Waals surface area contributed by atoms with Crippen LogP contribution in [0.1, 0.15) is 35.1 Å². The fraction of sp³-hybridized carbons (Fsp3) is 0.714. The van der Waals surface area contributed by atoms with Crippen LogP contribution in [0.25, 0.3) is 0 Å². The standard InChI is InChI=1S/C14H24N4O/c1-5-6-17-7-9-18(10-8-17)14(19)13-11(2)15-16(4)12(13)3/h5-10H2,1-4H3. The fourth-order valence-corrected chi connectivity index (χ4v) is 2.73. The second-order valence-electron chi connectivity index (χ2n) is 5.30. The Morgan fingerprint density at radius 3 is 2.32 bits per heavy atom. The molecule has 19 heavy (non-hydrogen) atoms. The van der Waals surface area contributed by atoms with Crippen molar-refractivity contribution < 1.29 is 4.79 Å². The minimum atomic E-state index is 0.138. The number of carbonyl (C=O) groups is 1. The Kier molecular flexibility index (Phi) is 4.24. The molecular weight excluding hydrogens is 240 g/mol. The Labute approximate surface area is 115 Å². The van der Waals surface area contributed by atoms with E-state index in [1.54, 1.807) is 4.68 Å². The van der Waals surface area contributed by atoms with E-state index in [4.69, 9.17) is 0 Å². The van der Waals surface area contributed by atoms with Gasteiger partial charge in [-0.1, -0.05) is 6.92 Å². The second-order valence-corrected chi connectivity index (χ2v) is 5.30. The first-order chi connectivity index (χ1) is 9.04. The zero-order valence-electron chi connectivity index (χ0n) is 12.4. The van der Waals surface area contributed by atoms with Crippen LogP contribution >= 0.6 is 0 Å². The lowest BCUT2D eigenvalue weighted by atomic mass is 10.1. The number of nitrogens with zero attached hydrogens (tertiary/aromatic N) is 4. The summed E-state index contributed by atoms with van der Waals surface area (Å²) in [7, 11) is 1.89. The van der Waals surface area contributed by atoms with E-state index < -0.39 is 0 Å². The minimum absolute atomic E-state index is 0.138. The fourth-order valence-electron chi connectivity index (χ4n) is 2.73. The number of aryl methyl sites for hydroxylation is 2. The molecule has 0 N–H and O–H groups in total. The van der Waals surface area contributed by atoms with E-state index in [1.807, 2.05) is 25.8 Å². The molecule has 2 heterocycles. The van der Waals surface area contributed by atoms with E-state index in [0.717, 1.165) is 49.7 Å². The Balaban J connectivity index is 2.05. The highest BCUT2D eigenvalue weighted by Crippen LogP contribution is 2.16. The Morgan fingerprint density at radius 1 is 1.21 bits per heavy atom. The molecule has 1 aliphatic heterocycles. The van der Waals surface area contributed by atoms with Gasteiger partial charge in [-0.3, -0.25) is 14.4 Å². The van der Waals surface area contributed by atoms with Gasteiger partial charge in [0.05, 0.1) is 11.3 Å². The quantitative estimate of drug-likeness (QED) is 0.824. The van der Waals surface area contributed by atoms with Gasteiger partial charge >= 0.3 is 0 Å². The average molecular weight is 264 g/mol. The van der Waals surface area contributed by atoms with E-state index in [-0.39, 0.29) is 5.91 Å². The SMILES string of the molecule is CCCN1CCN(C(=O)c2c(C)nn(C)c2C)CC1. The third-order valence-corrected chi connectivity index (χ3v) is 3.92. The molecule has 1 fully saturated rings. The first-order valence-corrected chi connectivity index (χ1v) is 7.06. The maximum Gasteiger partial charge on any atom is 0.257 e. The highest BCUT2D eigenvalue weighted by Gasteiger charge is 2.25. The van der Waals surface area contributed by atoms with E-state index in [2.05, 4.69) is 16.9 Å². The van der Waals surface area contributed by atoms with Gasteiger partial charge in [0.2, 0.25) is 0 Å². The predicted octanol–water partition coefficient (Wildman–Crippen LogP) is 1.20. The summed E-state index contributed by atoms with van der Waals surface area (Å²) < 4.78 is 1.79. The van der Waals surface area contributed by atoms with Crippen molar-refractivity contribution in [1.82, 2.24) is 19.6 Å². The van der Waals surface area contributed by atoms with Gasteiger partial charge in [-0.25, -0.2) is 0 Å². The van der Waals surface area contributed by atoms with Crippen LogP contribution < -0.4 is 0 Å². The van der Waals surface area contributed by atoms with Crippen LogP contribution in [-0.2, 0) is 7.05 Å². The molecule has 0 saturated carbocycles. The number of aromatic nitrogens is 2. The number of hydrogen-bond donors (Lipinski definition) is 0. The van der Waals surface area contributed by atoms with Crippen molar-refractivity contribution in [2.75, 3.05) is 32.7 Å². The van der Waals surface area contributed by atoms with Gasteiger partial charge < -0.3 is 4.90 Å². The molecule has 0 spiro atoms. The minimum Gasteiger partial charge on any atom is -0.336 e. The van der Waals surface area contributed by atoms with Gasteiger partial charge in [0.25, 0.3) is 5.91 Å². The molecule has 0 aliphatic carbocycles. The summed E-state index contributed by atoms with van der Waals surface area (Å²) in [5.41, 5.74) is 2.57. The predicted molar refractivity (Wildman–Crippen MR) is 75.3 cm³/mol. The smallest absolute Gasteiger partial charge is 0.257 e. The number of hydrogen-bond acceptors (Lipinski definition) is 3. The normalized spacial score (nSPS) is 16.9. The van der Waals surface area contributed by atoms with E-state index >= 15 is 0 Å². The summed E-state index contributed by atoms with van der Waals surface area (Å²) in [6.45, 7) is 10.8. The maximum absolute atomic E-state index is 12.6. The van der Waals surface area contributed by atoms with Crippen molar-refractivity contribution in [3.63, 3.8) is 0 Å². The Morgan fingerprint density at radius 2 is 1.84 bits per heavy atom. The van der Waals surface area contributed by atoms with Crippen molar-refractivity contribution in [3.8, 4) is 0 Å². The Hall–Kier alpha value is -1.36. The third-order valence-electron chi connectivity index (χ3n) is 3.92. The molecule has 0 aromatic carbocycles. The molecule has 5 heteroatoms. The molecular formula is C14H24N4O. The van der Waals surface area contributed by atoms with Crippen molar-refractivity contribution in [1.29, 1.82) is 0 Å². The number of piperazine rings is 1. The maximum atomic E-state index is 12.6. The highest BCUT2D eigenvalue weighted by molar-refractivity contribution is 5.96. The molecule has 1 saturated heterocycles. The lowest BCUT2D eigenvalue weighted by molar-refractivity contribution is 0.0636. The van der Waals surface area contributed by atoms with Crippen LogP contribution in [-0.4, -0.2) is 58.2 Å². The summed E-state index contributed by atoms with van der Waals surface area (Å²) in [6, 6.07) is 0. The zero-order valence-corrected chi connectivity index (χ0v) is 12.4. The summed E-state index contributed by atoms with van der Waals surface area (Å²) in [4.78, 5) is 17.0. The van der Waals surface area contributed by atoms with Gasteiger partial charge in [-0.2, -0.15) is 5.10 Å². The van der Waals surface area contributed by atoms with Gasteiger partial charge in [-0.05, 0) is 26.8 Å². The number of rotatable bonds is 3. The zero-order chi connectivity index (χ0) is 14.0.